The van der Waals surface area contributed by atoms with Crippen molar-refractivity contribution >= 4 is 29.0 Å². The topological polar surface area (TPSA) is 42.0 Å². The molecule has 5 heteroatoms. The Morgan fingerprint density at radius 2 is 1.88 bits per heavy atom. The van der Waals surface area contributed by atoms with E-state index in [9.17, 15) is 4.79 Å². The number of aromatic nitrogens is 1. The van der Waals surface area contributed by atoms with E-state index in [0.29, 0.717) is 6.54 Å². The predicted octanol–water partition coefficient (Wildman–Crippen LogP) is 4.92. The first-order valence-electron chi connectivity index (χ1n) is 8.12. The number of hydrogen-bond acceptors (Lipinski definition) is 4. The maximum atomic E-state index is 12.3. The van der Waals surface area contributed by atoms with E-state index in [1.54, 1.807) is 11.3 Å². The van der Waals surface area contributed by atoms with Crippen molar-refractivity contribution in [3.05, 3.63) is 71.1 Å². The number of carbonyl (C=O) groups is 1. The standard InChI is InChI=1S/C20H20N2OS2/c1-14-8-10-16(11-9-14)12-21-19(23)15(2)25-20-22-18(13-24-20)17-6-4-3-5-7-17/h3-11,13,15H,12H2,1-2H3,(H,21,23). The van der Waals surface area contributed by atoms with Crippen molar-refractivity contribution in [1.82, 2.24) is 10.3 Å². The third kappa shape index (κ3) is 4.94. The molecule has 1 N–H and O–H groups in total. The highest BCUT2D eigenvalue weighted by Gasteiger charge is 2.16. The van der Waals surface area contributed by atoms with Crippen LogP contribution in [-0.2, 0) is 11.3 Å². The first kappa shape index (κ1) is 17.7. The van der Waals surface area contributed by atoms with E-state index in [4.69, 9.17) is 0 Å². The van der Waals surface area contributed by atoms with Crippen LogP contribution >= 0.6 is 23.1 Å². The van der Waals surface area contributed by atoms with Crippen LogP contribution in [0.15, 0.2) is 64.3 Å². The van der Waals surface area contributed by atoms with E-state index in [0.717, 1.165) is 21.2 Å². The number of nitrogens with one attached hydrogen (secondary N) is 1. The summed E-state index contributed by atoms with van der Waals surface area (Å²) >= 11 is 3.08. The summed E-state index contributed by atoms with van der Waals surface area (Å²) in [6.45, 7) is 4.52. The average Bonchev–Trinajstić information content (AvgIpc) is 3.10. The van der Waals surface area contributed by atoms with Gasteiger partial charge in [0.15, 0.2) is 4.34 Å². The van der Waals surface area contributed by atoms with Gasteiger partial charge in [-0.05, 0) is 19.4 Å². The monoisotopic (exact) mass is 368 g/mol. The molecular formula is C20H20N2OS2. The number of hydrogen-bond donors (Lipinski definition) is 1. The van der Waals surface area contributed by atoms with Crippen molar-refractivity contribution in [1.29, 1.82) is 0 Å². The fraction of sp³-hybridized carbons (Fsp3) is 0.200. The van der Waals surface area contributed by atoms with Gasteiger partial charge in [0, 0.05) is 17.5 Å². The molecule has 0 saturated heterocycles. The molecule has 128 valence electrons. The highest BCUT2D eigenvalue weighted by Crippen LogP contribution is 2.30. The van der Waals surface area contributed by atoms with Crippen molar-refractivity contribution in [2.24, 2.45) is 0 Å². The van der Waals surface area contributed by atoms with Crippen LogP contribution in [0.5, 0.6) is 0 Å². The molecule has 0 aliphatic carbocycles. The Hall–Kier alpha value is -2.11. The molecule has 0 spiro atoms. The molecule has 1 amide bonds. The van der Waals surface area contributed by atoms with E-state index in [-0.39, 0.29) is 11.2 Å². The van der Waals surface area contributed by atoms with Crippen molar-refractivity contribution in [2.45, 2.75) is 30.0 Å². The first-order valence-corrected chi connectivity index (χ1v) is 9.88. The second-order valence-electron chi connectivity index (χ2n) is 5.83. The number of benzene rings is 2. The summed E-state index contributed by atoms with van der Waals surface area (Å²) in [5, 5.41) is 4.85. The summed E-state index contributed by atoms with van der Waals surface area (Å²) in [7, 11) is 0. The molecule has 3 aromatic rings. The van der Waals surface area contributed by atoms with Gasteiger partial charge in [-0.3, -0.25) is 4.79 Å². The van der Waals surface area contributed by atoms with Gasteiger partial charge in [-0.2, -0.15) is 0 Å². The van der Waals surface area contributed by atoms with Crippen LogP contribution in [0, 0.1) is 6.92 Å². The summed E-state index contributed by atoms with van der Waals surface area (Å²) < 4.78 is 0.914. The number of thioether (sulfide) groups is 1. The third-order valence-corrected chi connectivity index (χ3v) is 5.86. The van der Waals surface area contributed by atoms with Crippen LogP contribution in [0.4, 0.5) is 0 Å². The first-order chi connectivity index (χ1) is 12.1. The number of nitrogens with zero attached hydrogens (tertiary/aromatic N) is 1. The van der Waals surface area contributed by atoms with Gasteiger partial charge in [0.25, 0.3) is 0 Å². The summed E-state index contributed by atoms with van der Waals surface area (Å²) in [5.41, 5.74) is 4.39. The van der Waals surface area contributed by atoms with Gasteiger partial charge in [0.05, 0.1) is 10.9 Å². The zero-order chi connectivity index (χ0) is 17.6. The summed E-state index contributed by atoms with van der Waals surface area (Å²) in [6, 6.07) is 18.3. The maximum Gasteiger partial charge on any atom is 0.233 e. The Morgan fingerprint density at radius 3 is 2.60 bits per heavy atom. The number of rotatable bonds is 6. The molecule has 1 heterocycles. The molecule has 1 atom stereocenters. The van der Waals surface area contributed by atoms with E-state index in [2.05, 4.69) is 29.4 Å². The number of amides is 1. The lowest BCUT2D eigenvalue weighted by molar-refractivity contribution is -0.120. The molecule has 2 aromatic carbocycles. The largest absolute Gasteiger partial charge is 0.351 e. The molecule has 1 unspecified atom stereocenters. The van der Waals surface area contributed by atoms with Crippen molar-refractivity contribution in [3.8, 4) is 11.3 Å². The molecule has 0 aliphatic heterocycles. The number of aryl methyl sites for hydroxylation is 1. The highest BCUT2D eigenvalue weighted by molar-refractivity contribution is 8.02. The van der Waals surface area contributed by atoms with Gasteiger partial charge in [0.2, 0.25) is 5.91 Å². The number of thiazole rings is 1. The fourth-order valence-corrected chi connectivity index (χ4v) is 4.29. The minimum atomic E-state index is -0.180. The quantitative estimate of drug-likeness (QED) is 0.628. The zero-order valence-corrected chi connectivity index (χ0v) is 15.9. The molecule has 3 rings (SSSR count). The Bertz CT molecular complexity index is 828. The molecule has 0 fully saturated rings. The molecule has 0 bridgehead atoms. The van der Waals surface area contributed by atoms with Crippen molar-refractivity contribution in [2.75, 3.05) is 0 Å². The zero-order valence-electron chi connectivity index (χ0n) is 14.2. The summed E-state index contributed by atoms with van der Waals surface area (Å²) in [6.07, 6.45) is 0. The van der Waals surface area contributed by atoms with E-state index in [1.165, 1.54) is 17.3 Å². The average molecular weight is 369 g/mol. The van der Waals surface area contributed by atoms with E-state index in [1.807, 2.05) is 54.8 Å². The smallest absolute Gasteiger partial charge is 0.233 e. The second kappa shape index (κ2) is 8.32. The van der Waals surface area contributed by atoms with Crippen LogP contribution < -0.4 is 5.32 Å². The van der Waals surface area contributed by atoms with Crippen LogP contribution in [0.3, 0.4) is 0 Å². The molecule has 0 aliphatic rings. The normalized spacial score (nSPS) is 11.9. The molecule has 25 heavy (non-hydrogen) atoms. The summed E-state index contributed by atoms with van der Waals surface area (Å²) in [4.78, 5) is 16.9. The SMILES string of the molecule is Cc1ccc(CNC(=O)C(C)Sc2nc(-c3ccccc3)cs2)cc1. The van der Waals surface area contributed by atoms with Gasteiger partial charge >= 0.3 is 0 Å². The maximum absolute atomic E-state index is 12.3. The predicted molar refractivity (Wildman–Crippen MR) is 106 cm³/mol. The van der Waals surface area contributed by atoms with Gasteiger partial charge < -0.3 is 5.32 Å². The molecule has 0 radical (unpaired) electrons. The molecule has 1 aromatic heterocycles. The van der Waals surface area contributed by atoms with E-state index < -0.39 is 0 Å². The van der Waals surface area contributed by atoms with Crippen molar-refractivity contribution in [3.63, 3.8) is 0 Å². The van der Waals surface area contributed by atoms with Gasteiger partial charge in [-0.1, -0.05) is 71.9 Å². The Morgan fingerprint density at radius 1 is 1.16 bits per heavy atom. The van der Waals surface area contributed by atoms with E-state index >= 15 is 0 Å². The third-order valence-electron chi connectivity index (χ3n) is 3.79. The minimum absolute atomic E-state index is 0.0297. The van der Waals surface area contributed by atoms with Crippen LogP contribution in [0.25, 0.3) is 11.3 Å². The molecule has 0 saturated carbocycles. The van der Waals surface area contributed by atoms with Crippen molar-refractivity contribution < 1.29 is 4.79 Å². The van der Waals surface area contributed by atoms with Crippen LogP contribution in [0.1, 0.15) is 18.1 Å². The minimum Gasteiger partial charge on any atom is -0.351 e. The second-order valence-corrected chi connectivity index (χ2v) is 8.27. The van der Waals surface area contributed by atoms with Crippen LogP contribution in [0.2, 0.25) is 0 Å². The highest BCUT2D eigenvalue weighted by atomic mass is 32.2. The van der Waals surface area contributed by atoms with Gasteiger partial charge in [-0.15, -0.1) is 11.3 Å². The molecular weight excluding hydrogens is 348 g/mol. The fourth-order valence-electron chi connectivity index (χ4n) is 2.30. The lowest BCUT2D eigenvalue weighted by Gasteiger charge is -2.10. The van der Waals surface area contributed by atoms with Gasteiger partial charge in [0.1, 0.15) is 0 Å². The molecule has 3 nitrogen and oxygen atoms in total. The Kier molecular flexibility index (Phi) is 5.89. The summed E-state index contributed by atoms with van der Waals surface area (Å²) in [5.74, 6) is 0.0297. The number of carbonyl (C=O) groups excluding carboxylic acids is 1. The lowest BCUT2D eigenvalue weighted by atomic mass is 10.1. The van der Waals surface area contributed by atoms with Gasteiger partial charge in [-0.25, -0.2) is 4.98 Å². The Balaban J connectivity index is 1.54. The lowest BCUT2D eigenvalue weighted by Crippen LogP contribution is -2.30. The Labute approximate surface area is 156 Å². The van der Waals surface area contributed by atoms with Crippen LogP contribution in [-0.4, -0.2) is 16.1 Å².